The number of aromatic nitrogens is 4. The lowest BCUT2D eigenvalue weighted by molar-refractivity contribution is 0.186. The number of imidazole rings is 1. The highest BCUT2D eigenvalue weighted by Gasteiger charge is 2.18. The van der Waals surface area contributed by atoms with Gasteiger partial charge in [-0.2, -0.15) is 0 Å². The largest absolute Gasteiger partial charge is 0.383 e. The van der Waals surface area contributed by atoms with E-state index in [1.807, 2.05) is 0 Å². The fourth-order valence-electron chi connectivity index (χ4n) is 2.47. The summed E-state index contributed by atoms with van der Waals surface area (Å²) in [6.45, 7) is 5.50. The Morgan fingerprint density at radius 2 is 1.90 bits per heavy atom. The lowest BCUT2D eigenvalue weighted by atomic mass is 10.4. The second kappa shape index (κ2) is 6.23. The van der Waals surface area contributed by atoms with Gasteiger partial charge in [0.05, 0.1) is 13.2 Å². The Hall–Kier alpha value is -1.93. The molecule has 0 saturated heterocycles. The van der Waals surface area contributed by atoms with Crippen LogP contribution in [0.2, 0.25) is 0 Å². The summed E-state index contributed by atoms with van der Waals surface area (Å²) < 4.78 is 9.51. The number of ether oxygens (including phenoxy) is 1. The van der Waals surface area contributed by atoms with Gasteiger partial charge in [-0.1, -0.05) is 0 Å². The van der Waals surface area contributed by atoms with Gasteiger partial charge in [-0.05, 0) is 13.8 Å². The predicted molar refractivity (Wildman–Crippen MR) is 79.6 cm³/mol. The zero-order valence-corrected chi connectivity index (χ0v) is 12.6. The molecule has 0 atom stereocenters. The number of hydrogen-bond acceptors (Lipinski definition) is 5. The van der Waals surface area contributed by atoms with Crippen molar-refractivity contribution in [3.8, 4) is 0 Å². The Bertz CT molecular complexity index is 756. The van der Waals surface area contributed by atoms with E-state index in [0.717, 1.165) is 0 Å². The average molecular weight is 295 g/mol. The van der Waals surface area contributed by atoms with E-state index in [1.54, 1.807) is 25.5 Å². The second-order valence-electron chi connectivity index (χ2n) is 4.75. The van der Waals surface area contributed by atoms with Crippen molar-refractivity contribution in [2.75, 3.05) is 20.3 Å². The van der Waals surface area contributed by atoms with Gasteiger partial charge < -0.3 is 15.0 Å². The zero-order valence-electron chi connectivity index (χ0n) is 12.6. The van der Waals surface area contributed by atoms with Crippen molar-refractivity contribution < 1.29 is 4.74 Å². The number of fused-ring (bicyclic) bond motifs is 1. The van der Waals surface area contributed by atoms with Gasteiger partial charge in [0.15, 0.2) is 11.2 Å². The van der Waals surface area contributed by atoms with Crippen LogP contribution in [-0.4, -0.2) is 38.9 Å². The maximum Gasteiger partial charge on any atom is 0.332 e. The minimum Gasteiger partial charge on any atom is -0.383 e. The summed E-state index contributed by atoms with van der Waals surface area (Å²) in [6.07, 6.45) is 0. The molecule has 2 aromatic heterocycles. The first-order valence-electron chi connectivity index (χ1n) is 6.96. The number of nitrogens with zero attached hydrogens (tertiary/aromatic N) is 4. The molecule has 8 nitrogen and oxygen atoms in total. The van der Waals surface area contributed by atoms with E-state index >= 15 is 0 Å². The molecular formula is C13H21N5O3. The Morgan fingerprint density at radius 3 is 2.48 bits per heavy atom. The molecule has 2 aromatic rings. The minimum atomic E-state index is -0.357. The summed E-state index contributed by atoms with van der Waals surface area (Å²) in [5, 5.41) is 0. The summed E-state index contributed by atoms with van der Waals surface area (Å²) >= 11 is 0. The molecule has 0 aliphatic heterocycles. The van der Waals surface area contributed by atoms with Crippen LogP contribution in [0.25, 0.3) is 11.2 Å². The Balaban J connectivity index is 2.86. The average Bonchev–Trinajstić information content (AvgIpc) is 2.77. The maximum absolute atomic E-state index is 12.5. The molecule has 116 valence electrons. The van der Waals surface area contributed by atoms with E-state index in [4.69, 9.17) is 10.5 Å². The molecule has 8 heteroatoms. The first kappa shape index (κ1) is 15.5. The van der Waals surface area contributed by atoms with Crippen molar-refractivity contribution >= 4 is 11.2 Å². The topological polar surface area (TPSA) is 97.1 Å². The highest BCUT2D eigenvalue weighted by Crippen LogP contribution is 2.10. The van der Waals surface area contributed by atoms with Crippen molar-refractivity contribution in [1.82, 2.24) is 18.7 Å². The lowest BCUT2D eigenvalue weighted by Crippen LogP contribution is -2.40. The molecule has 21 heavy (non-hydrogen) atoms. The molecule has 0 bridgehead atoms. The molecular weight excluding hydrogens is 274 g/mol. The Kier molecular flexibility index (Phi) is 4.59. The van der Waals surface area contributed by atoms with Crippen molar-refractivity contribution in [2.24, 2.45) is 5.73 Å². The van der Waals surface area contributed by atoms with Crippen molar-refractivity contribution in [2.45, 2.75) is 33.5 Å². The number of methoxy groups -OCH3 is 1. The van der Waals surface area contributed by atoms with E-state index in [0.29, 0.717) is 49.8 Å². The quantitative estimate of drug-likeness (QED) is 0.759. The number of aryl methyl sites for hydroxylation is 1. The van der Waals surface area contributed by atoms with Crippen molar-refractivity contribution in [3.63, 3.8) is 0 Å². The Labute approximate surface area is 121 Å². The van der Waals surface area contributed by atoms with Gasteiger partial charge in [0.1, 0.15) is 5.82 Å². The van der Waals surface area contributed by atoms with Gasteiger partial charge >= 0.3 is 5.69 Å². The third kappa shape index (κ3) is 2.52. The van der Waals surface area contributed by atoms with E-state index in [2.05, 4.69) is 4.98 Å². The van der Waals surface area contributed by atoms with Gasteiger partial charge in [0.25, 0.3) is 5.56 Å². The van der Waals surface area contributed by atoms with Gasteiger partial charge in [0.2, 0.25) is 0 Å². The standard InChI is InChI=1S/C13H21N5O3/c1-4-16-12(19)10-11(15-9(2)17(10)6-5-14)18(13(16)20)7-8-21-3/h4-8,14H2,1-3H3. The third-order valence-electron chi connectivity index (χ3n) is 3.49. The molecule has 0 unspecified atom stereocenters. The van der Waals surface area contributed by atoms with E-state index in [-0.39, 0.29) is 11.2 Å². The molecule has 2 N–H and O–H groups in total. The van der Waals surface area contributed by atoms with Gasteiger partial charge in [-0.3, -0.25) is 13.9 Å². The highest BCUT2D eigenvalue weighted by molar-refractivity contribution is 5.71. The summed E-state index contributed by atoms with van der Waals surface area (Å²) in [4.78, 5) is 29.3. The zero-order chi connectivity index (χ0) is 15.6. The van der Waals surface area contributed by atoms with Gasteiger partial charge in [-0.25, -0.2) is 9.78 Å². The smallest absolute Gasteiger partial charge is 0.332 e. The van der Waals surface area contributed by atoms with E-state index < -0.39 is 0 Å². The summed E-state index contributed by atoms with van der Waals surface area (Å²) in [5.74, 6) is 0.673. The van der Waals surface area contributed by atoms with Crippen LogP contribution in [0.1, 0.15) is 12.7 Å². The monoisotopic (exact) mass is 295 g/mol. The van der Waals surface area contributed by atoms with Gasteiger partial charge in [-0.15, -0.1) is 0 Å². The minimum absolute atomic E-state index is 0.313. The van der Waals surface area contributed by atoms with Crippen LogP contribution >= 0.6 is 0 Å². The fraction of sp³-hybridized carbons (Fsp3) is 0.615. The summed E-state index contributed by atoms with van der Waals surface area (Å²) in [5.41, 5.74) is 5.75. The number of hydrogen-bond donors (Lipinski definition) is 1. The molecule has 0 fully saturated rings. The molecule has 0 amide bonds. The first-order chi connectivity index (χ1) is 10.1. The summed E-state index contributed by atoms with van der Waals surface area (Å²) in [7, 11) is 1.57. The SMILES string of the molecule is CCn1c(=O)c2c(nc(C)n2CCN)n(CCOC)c1=O. The van der Waals surface area contributed by atoms with Crippen LogP contribution in [0, 0.1) is 6.92 Å². The third-order valence-corrected chi connectivity index (χ3v) is 3.49. The predicted octanol–water partition coefficient (Wildman–Crippen LogP) is -0.707. The number of rotatable bonds is 6. The molecule has 0 spiro atoms. The Morgan fingerprint density at radius 1 is 1.19 bits per heavy atom. The molecule has 2 rings (SSSR count). The number of nitrogens with two attached hydrogens (primary N) is 1. The van der Waals surface area contributed by atoms with Gasteiger partial charge in [0, 0.05) is 26.7 Å². The normalized spacial score (nSPS) is 11.4. The van der Waals surface area contributed by atoms with Crippen LogP contribution in [0.3, 0.4) is 0 Å². The van der Waals surface area contributed by atoms with Crippen molar-refractivity contribution in [3.05, 3.63) is 26.7 Å². The molecule has 0 aromatic carbocycles. The molecule has 0 saturated carbocycles. The van der Waals surface area contributed by atoms with E-state index in [9.17, 15) is 9.59 Å². The van der Waals surface area contributed by atoms with Crippen LogP contribution < -0.4 is 17.0 Å². The van der Waals surface area contributed by atoms with Crippen LogP contribution in [-0.2, 0) is 24.4 Å². The first-order valence-corrected chi connectivity index (χ1v) is 6.96. The molecule has 2 heterocycles. The second-order valence-corrected chi connectivity index (χ2v) is 4.75. The summed E-state index contributed by atoms with van der Waals surface area (Å²) in [6, 6.07) is 0. The molecule has 0 aliphatic rings. The molecule has 0 radical (unpaired) electrons. The van der Waals surface area contributed by atoms with E-state index in [1.165, 1.54) is 9.13 Å². The highest BCUT2D eigenvalue weighted by atomic mass is 16.5. The lowest BCUT2D eigenvalue weighted by Gasteiger charge is -2.11. The fourth-order valence-corrected chi connectivity index (χ4v) is 2.47. The van der Waals surface area contributed by atoms with Crippen LogP contribution in [0.4, 0.5) is 0 Å². The van der Waals surface area contributed by atoms with Crippen LogP contribution in [0.15, 0.2) is 9.59 Å². The molecule has 0 aliphatic carbocycles. The van der Waals surface area contributed by atoms with Crippen LogP contribution in [0.5, 0.6) is 0 Å². The van der Waals surface area contributed by atoms with Crippen molar-refractivity contribution in [1.29, 1.82) is 0 Å². The maximum atomic E-state index is 12.5.